The van der Waals surface area contributed by atoms with E-state index in [4.69, 9.17) is 0 Å². The second-order valence-electron chi connectivity index (χ2n) is 3.48. The Kier molecular flexibility index (Phi) is 2.31. The molecule has 2 atom stereocenters. The van der Waals surface area contributed by atoms with E-state index in [-0.39, 0.29) is 6.04 Å². The van der Waals surface area contributed by atoms with E-state index in [0.29, 0.717) is 12.2 Å². The summed E-state index contributed by atoms with van der Waals surface area (Å²) in [6.45, 7) is 1.80. The number of halogens is 2. The number of rotatable bonds is 3. The average molecular weight is 199 g/mol. The highest BCUT2D eigenvalue weighted by atomic mass is 19.3. The maximum absolute atomic E-state index is 12.2. The van der Waals surface area contributed by atoms with Crippen molar-refractivity contribution in [1.29, 1.82) is 0 Å². The Morgan fingerprint density at radius 3 is 2.71 bits per heavy atom. The van der Waals surface area contributed by atoms with Crippen LogP contribution in [0.5, 0.6) is 0 Å². The van der Waals surface area contributed by atoms with Crippen molar-refractivity contribution >= 4 is 5.82 Å². The van der Waals surface area contributed by atoms with Crippen molar-refractivity contribution in [2.75, 3.05) is 5.32 Å². The van der Waals surface area contributed by atoms with Gasteiger partial charge in [0.25, 0.3) is 0 Å². The fourth-order valence-electron chi connectivity index (χ4n) is 1.38. The Balaban J connectivity index is 1.97. The van der Waals surface area contributed by atoms with E-state index >= 15 is 0 Å². The van der Waals surface area contributed by atoms with Crippen molar-refractivity contribution in [3.63, 3.8) is 0 Å². The molecule has 0 aromatic carbocycles. The van der Waals surface area contributed by atoms with Crippen molar-refractivity contribution in [2.45, 2.75) is 25.8 Å². The predicted molar refractivity (Wildman–Crippen MR) is 48.3 cm³/mol. The lowest BCUT2D eigenvalue weighted by molar-refractivity contribution is 0.121. The molecule has 1 saturated carbocycles. The lowest BCUT2D eigenvalue weighted by atomic mass is 10.4. The van der Waals surface area contributed by atoms with Gasteiger partial charge in [-0.1, -0.05) is 0 Å². The van der Waals surface area contributed by atoms with Gasteiger partial charge in [-0.15, -0.1) is 0 Å². The highest BCUT2D eigenvalue weighted by Gasteiger charge is 2.44. The molecule has 0 bridgehead atoms. The van der Waals surface area contributed by atoms with Crippen LogP contribution in [0, 0.1) is 12.8 Å². The van der Waals surface area contributed by atoms with Crippen molar-refractivity contribution in [3.8, 4) is 0 Å². The first-order chi connectivity index (χ1) is 6.68. The first-order valence-electron chi connectivity index (χ1n) is 4.51. The Morgan fingerprint density at radius 1 is 1.43 bits per heavy atom. The number of anilines is 1. The lowest BCUT2D eigenvalue weighted by Crippen LogP contribution is -2.11. The van der Waals surface area contributed by atoms with Crippen LogP contribution in [0.2, 0.25) is 0 Å². The van der Waals surface area contributed by atoms with E-state index in [0.717, 1.165) is 5.69 Å². The zero-order chi connectivity index (χ0) is 10.1. The Bertz CT molecular complexity index is 330. The van der Waals surface area contributed by atoms with Gasteiger partial charge in [0.15, 0.2) is 0 Å². The highest BCUT2D eigenvalue weighted by Crippen LogP contribution is 2.38. The number of aromatic nitrogens is 2. The second kappa shape index (κ2) is 3.48. The molecular formula is C9H11F2N3. The fourth-order valence-corrected chi connectivity index (χ4v) is 1.38. The molecule has 0 saturated heterocycles. The van der Waals surface area contributed by atoms with Gasteiger partial charge in [-0.25, -0.2) is 13.8 Å². The maximum Gasteiger partial charge on any atom is 0.243 e. The van der Waals surface area contributed by atoms with Crippen LogP contribution in [0.25, 0.3) is 0 Å². The normalized spacial score (nSPS) is 25.1. The zero-order valence-electron chi connectivity index (χ0n) is 7.74. The molecule has 14 heavy (non-hydrogen) atoms. The Labute approximate surface area is 80.6 Å². The number of hydrogen-bond donors (Lipinski definition) is 1. The summed E-state index contributed by atoms with van der Waals surface area (Å²) in [5, 5.41) is 2.96. The van der Waals surface area contributed by atoms with Crippen LogP contribution < -0.4 is 5.32 Å². The van der Waals surface area contributed by atoms with E-state index in [9.17, 15) is 8.78 Å². The number of nitrogens with zero attached hydrogens (tertiary/aromatic N) is 2. The van der Waals surface area contributed by atoms with Gasteiger partial charge in [0.05, 0.1) is 5.69 Å². The molecule has 1 heterocycles. The molecule has 2 rings (SSSR count). The van der Waals surface area contributed by atoms with E-state index in [1.165, 1.54) is 0 Å². The molecule has 0 radical (unpaired) electrons. The molecule has 0 unspecified atom stereocenters. The van der Waals surface area contributed by atoms with Gasteiger partial charge in [0, 0.05) is 24.4 Å². The minimum atomic E-state index is -2.23. The number of alkyl halides is 2. The number of hydrogen-bond acceptors (Lipinski definition) is 3. The molecule has 76 valence electrons. The van der Waals surface area contributed by atoms with Crippen LogP contribution in [0.15, 0.2) is 12.4 Å². The molecule has 0 aliphatic heterocycles. The van der Waals surface area contributed by atoms with Crippen LogP contribution >= 0.6 is 0 Å². The van der Waals surface area contributed by atoms with E-state index in [2.05, 4.69) is 15.3 Å². The summed E-state index contributed by atoms with van der Waals surface area (Å²) in [4.78, 5) is 8.05. The minimum Gasteiger partial charge on any atom is -0.365 e. The first-order valence-corrected chi connectivity index (χ1v) is 4.51. The van der Waals surface area contributed by atoms with Crippen molar-refractivity contribution in [1.82, 2.24) is 9.97 Å². The Morgan fingerprint density at radius 2 is 2.14 bits per heavy atom. The molecule has 3 nitrogen and oxygen atoms in total. The molecule has 5 heteroatoms. The lowest BCUT2D eigenvalue weighted by Gasteiger charge is -2.06. The van der Waals surface area contributed by atoms with Crippen LogP contribution in [-0.4, -0.2) is 22.4 Å². The molecule has 0 spiro atoms. The smallest absolute Gasteiger partial charge is 0.243 e. The van der Waals surface area contributed by atoms with Gasteiger partial charge >= 0.3 is 0 Å². The second-order valence-corrected chi connectivity index (χ2v) is 3.48. The number of aryl methyl sites for hydroxylation is 1. The summed E-state index contributed by atoms with van der Waals surface area (Å²) in [6.07, 6.45) is 1.42. The third kappa shape index (κ3) is 1.81. The van der Waals surface area contributed by atoms with Gasteiger partial charge in [-0.05, 0) is 13.3 Å². The molecule has 1 fully saturated rings. The fraction of sp³-hybridized carbons (Fsp3) is 0.556. The van der Waals surface area contributed by atoms with Crippen molar-refractivity contribution in [3.05, 3.63) is 18.1 Å². The molecule has 1 N–H and O–H groups in total. The van der Waals surface area contributed by atoms with E-state index < -0.39 is 12.3 Å². The van der Waals surface area contributed by atoms with E-state index in [1.807, 2.05) is 0 Å². The van der Waals surface area contributed by atoms with Crippen molar-refractivity contribution < 1.29 is 8.78 Å². The third-order valence-electron chi connectivity index (χ3n) is 2.37. The Hall–Kier alpha value is -1.26. The van der Waals surface area contributed by atoms with Crippen LogP contribution in [-0.2, 0) is 0 Å². The SMILES string of the molecule is Cc1nccnc1N[C@H]1C[C@@H]1C(F)F. The standard InChI is InChI=1S/C9H11F2N3/c1-5-9(13-3-2-12-5)14-7-4-6(7)8(10)11/h2-3,6-8H,4H2,1H3,(H,13,14)/t6-,7-/m0/s1. The van der Waals surface area contributed by atoms with Crippen LogP contribution in [0.1, 0.15) is 12.1 Å². The minimum absolute atomic E-state index is 0.134. The molecule has 1 aliphatic carbocycles. The third-order valence-corrected chi connectivity index (χ3v) is 2.37. The highest BCUT2D eigenvalue weighted by molar-refractivity contribution is 5.41. The maximum atomic E-state index is 12.2. The largest absolute Gasteiger partial charge is 0.365 e. The summed E-state index contributed by atoms with van der Waals surface area (Å²) in [5.74, 6) is 0.0945. The molecule has 1 aromatic rings. The summed E-state index contributed by atoms with van der Waals surface area (Å²) < 4.78 is 24.4. The summed E-state index contributed by atoms with van der Waals surface area (Å²) in [6, 6.07) is -0.134. The molecule has 1 aliphatic rings. The monoisotopic (exact) mass is 199 g/mol. The molecular weight excluding hydrogens is 188 g/mol. The van der Waals surface area contributed by atoms with Gasteiger partial charge in [0.2, 0.25) is 6.43 Å². The summed E-state index contributed by atoms with van der Waals surface area (Å²) >= 11 is 0. The van der Waals surface area contributed by atoms with E-state index in [1.54, 1.807) is 19.3 Å². The van der Waals surface area contributed by atoms with Crippen LogP contribution in [0.4, 0.5) is 14.6 Å². The molecule has 1 aromatic heterocycles. The van der Waals surface area contributed by atoms with Gasteiger partial charge in [-0.3, -0.25) is 4.98 Å². The molecule has 0 amide bonds. The van der Waals surface area contributed by atoms with Crippen molar-refractivity contribution in [2.24, 2.45) is 5.92 Å². The van der Waals surface area contributed by atoms with Gasteiger partial charge in [0.1, 0.15) is 5.82 Å². The van der Waals surface area contributed by atoms with Crippen LogP contribution in [0.3, 0.4) is 0 Å². The number of nitrogens with one attached hydrogen (secondary N) is 1. The zero-order valence-corrected chi connectivity index (χ0v) is 7.74. The quantitative estimate of drug-likeness (QED) is 0.807. The summed E-state index contributed by atoms with van der Waals surface area (Å²) in [7, 11) is 0. The summed E-state index contributed by atoms with van der Waals surface area (Å²) in [5.41, 5.74) is 0.743. The average Bonchev–Trinajstić information content (AvgIpc) is 2.88. The first kappa shape index (κ1) is 9.30. The predicted octanol–water partition coefficient (Wildman–Crippen LogP) is 1.85. The topological polar surface area (TPSA) is 37.8 Å². The van der Waals surface area contributed by atoms with Gasteiger partial charge in [-0.2, -0.15) is 0 Å². The van der Waals surface area contributed by atoms with Gasteiger partial charge < -0.3 is 5.32 Å².